The molecule has 0 spiro atoms. The number of carboxylic acid groups (broad SMARTS) is 1. The summed E-state index contributed by atoms with van der Waals surface area (Å²) in [6, 6.07) is -14.7. The van der Waals surface area contributed by atoms with Gasteiger partial charge in [-0.3, -0.25) is 82.7 Å². The van der Waals surface area contributed by atoms with Crippen molar-refractivity contribution < 1.29 is 92.3 Å². The largest absolute Gasteiger partial charge is 0.508 e. The Kier molecular flexibility index (Phi) is 58.0. The highest BCUT2D eigenvalue weighted by Crippen LogP contribution is 2.19. The third-order valence-electron chi connectivity index (χ3n) is 21.1. The highest BCUT2D eigenvalue weighted by Gasteiger charge is 2.39. The van der Waals surface area contributed by atoms with Gasteiger partial charge in [-0.25, -0.2) is 4.98 Å². The van der Waals surface area contributed by atoms with E-state index >= 15 is 0 Å². The first-order valence-corrected chi connectivity index (χ1v) is 46.7. The van der Waals surface area contributed by atoms with E-state index in [4.69, 9.17) is 39.5 Å². The second-order valence-corrected chi connectivity index (χ2v) is 34.6. The minimum Gasteiger partial charge on any atom is -0.508 e. The number of imidazole rings is 1. The number of phenols is 1. The Hall–Kier alpha value is -11.0. The molecule has 44 heteroatoms. The zero-order valence-corrected chi connectivity index (χ0v) is 77.6. The number of primary amides is 1. The lowest BCUT2D eigenvalue weighted by atomic mass is 10.0. The van der Waals surface area contributed by atoms with E-state index in [1.54, 1.807) is 34.0 Å². The lowest BCUT2D eigenvalue weighted by Crippen LogP contribution is -2.62. The number of unbranched alkanes of at least 4 members (excludes halogenated alkanes) is 14. The highest BCUT2D eigenvalue weighted by atomic mass is 32.2. The summed E-state index contributed by atoms with van der Waals surface area (Å²) in [4.78, 5) is 217. The Bertz CT molecular complexity index is 3830. The van der Waals surface area contributed by atoms with Crippen molar-refractivity contribution in [1.82, 2.24) is 89.7 Å². The summed E-state index contributed by atoms with van der Waals surface area (Å²) in [6.07, 6.45) is 17.7. The number of guanidine groups is 2. The van der Waals surface area contributed by atoms with Crippen molar-refractivity contribution in [2.24, 2.45) is 40.5 Å². The molecular formula is C86H150N24O19S. The molecule has 1 aromatic carbocycles. The molecule has 0 aliphatic carbocycles. The molecule has 0 unspecified atom stereocenters. The predicted molar refractivity (Wildman–Crippen MR) is 491 cm³/mol. The SMILES string of the molecule is CCCCCCCCCCCCCCCC(=O)N[C@@H](CCCCN)C(=O)N[C@@H](CCCCN)C(=O)N[C@@H](CC(C)C)C(=O)N[C@@H](CCCNC(=N)N)C(=O)N[C@H](CO)C(=O)N[C@@H](CCSC)C(=O)N[C@H](C(=O)N[C@@H](CC(=O)O)C(=O)N[C@@H](C)C(=O)N[C@@H](Cc1ccc(O)cc1)C(=O)N[C@@H](CCCNC(=N)N)C(=O)N[C@@H](CC(C)C)C(=O)N[C@@H](Cc1c[nH]cn1)C(N)=O)[C@@H](C)O. The van der Waals surface area contributed by atoms with Gasteiger partial charge in [-0.05, 0) is 158 Å². The summed E-state index contributed by atoms with van der Waals surface area (Å²) < 4.78 is 0. The second kappa shape index (κ2) is 65.5. The zero-order valence-electron chi connectivity index (χ0n) is 76.8. The molecule has 2 aromatic rings. The van der Waals surface area contributed by atoms with Crippen LogP contribution >= 0.6 is 11.8 Å². The Morgan fingerprint density at radius 3 is 1.24 bits per heavy atom. The number of aliphatic hydroxyl groups excluding tert-OH is 2. The molecule has 14 amide bonds. The lowest BCUT2D eigenvalue weighted by Gasteiger charge is -2.29. The van der Waals surface area contributed by atoms with Crippen LogP contribution in [-0.2, 0) is 84.8 Å². The third-order valence-corrected chi connectivity index (χ3v) is 21.8. The van der Waals surface area contributed by atoms with Gasteiger partial charge in [0.2, 0.25) is 82.7 Å². The summed E-state index contributed by atoms with van der Waals surface area (Å²) in [7, 11) is 0. The van der Waals surface area contributed by atoms with E-state index in [9.17, 15) is 92.3 Å². The van der Waals surface area contributed by atoms with Crippen molar-refractivity contribution in [3.8, 4) is 5.75 Å². The fraction of sp³-hybridized carbons (Fsp3) is 0.698. The molecule has 0 bridgehead atoms. The molecule has 734 valence electrons. The number of phenolic OH excluding ortho intramolecular Hbond substituents is 1. The number of H-pyrrole nitrogens is 1. The van der Waals surface area contributed by atoms with Gasteiger partial charge in [0.15, 0.2) is 11.9 Å². The number of thioether (sulfide) groups is 1. The Morgan fingerprint density at radius 1 is 0.438 bits per heavy atom. The zero-order chi connectivity index (χ0) is 97.2. The molecule has 0 aliphatic rings. The Balaban J connectivity index is 2.43. The summed E-state index contributed by atoms with van der Waals surface area (Å²) in [5.41, 5.74) is 29.1. The fourth-order valence-electron chi connectivity index (χ4n) is 13.9. The first kappa shape index (κ1) is 115. The molecule has 2 rings (SSSR count). The number of hydrogen-bond donors (Lipinski definition) is 27. The maximum Gasteiger partial charge on any atom is 0.305 e. The molecule has 0 saturated carbocycles. The summed E-state index contributed by atoms with van der Waals surface area (Å²) in [5, 5.41) is 95.5. The number of carbonyl (C=O) groups excluding carboxylic acids is 14. The fourth-order valence-corrected chi connectivity index (χ4v) is 14.3. The standard InChI is InChI=1S/C86H150N24O19S/c1-9-10-11-12-13-14-15-16-17-18-19-20-21-32-69(114)99-58(28-22-24-38-87)74(119)100-59(29-23-25-39-88)75(120)106-64(43-51(2)3)80(125)101-61(31-27-41-96-86(92)93)77(122)109-68(49-111)83(128)103-62(37-42-130-8)78(123)110-71(54(7)112)84(129)108-67(47-70(115)116)79(124)98-53(6)73(118)105-66(45-55-33-35-57(113)36-34-55)82(127)102-60(30-26-40-95-85(90)91)76(121)107-65(44-52(4)5)81(126)104-63(72(89)117)46-56-48-94-50-97-56/h33-36,48,50-54,58-68,71,111-113H,9-32,37-47,49,87-88H2,1-8H3,(H2,89,117)(H,94,97)(H,98,124)(H,99,114)(H,100,119)(H,101,125)(H,102,127)(H,103,128)(H,104,126)(H,105,118)(H,106,120)(H,107,121)(H,108,129)(H,109,122)(H,110,123)(H,115,116)(H4,90,91,95)(H4,92,93,96)/t53-,54+,58-,59-,60-,61-,62-,63-,64-,65-,66-,67-,68+,71-/m0/s1. The number of amides is 14. The first-order chi connectivity index (χ1) is 61.8. The average Bonchev–Trinajstić information content (AvgIpc) is 0.978. The molecule has 0 aliphatic heterocycles. The molecule has 43 nitrogen and oxygen atoms in total. The molecule has 1 aromatic heterocycles. The van der Waals surface area contributed by atoms with Gasteiger partial charge < -0.3 is 134 Å². The van der Waals surface area contributed by atoms with Gasteiger partial charge in [0.05, 0.1) is 31.2 Å². The number of nitrogens with two attached hydrogens (primary N) is 5. The van der Waals surface area contributed by atoms with Crippen LogP contribution < -0.4 is 108 Å². The van der Waals surface area contributed by atoms with Crippen molar-refractivity contribution in [2.75, 3.05) is 44.8 Å². The van der Waals surface area contributed by atoms with Crippen LogP contribution in [0, 0.1) is 22.7 Å². The number of benzene rings is 1. The normalized spacial score (nSPS) is 14.4. The van der Waals surface area contributed by atoms with E-state index in [1.807, 2.05) is 0 Å². The van der Waals surface area contributed by atoms with Gasteiger partial charge in [0.1, 0.15) is 84.3 Å². The van der Waals surface area contributed by atoms with Crippen LogP contribution in [0.5, 0.6) is 5.75 Å². The number of hydrogen-bond acceptors (Lipinski definition) is 24. The lowest BCUT2D eigenvalue weighted by molar-refractivity contribution is -0.142. The van der Waals surface area contributed by atoms with Gasteiger partial charge >= 0.3 is 5.97 Å². The summed E-state index contributed by atoms with van der Waals surface area (Å²) in [6.45, 7) is 11.0. The van der Waals surface area contributed by atoms with Crippen molar-refractivity contribution in [3.05, 3.63) is 48.0 Å². The van der Waals surface area contributed by atoms with Gasteiger partial charge in [-0.15, -0.1) is 0 Å². The molecule has 0 fully saturated rings. The number of aliphatic hydroxyl groups is 2. The van der Waals surface area contributed by atoms with E-state index in [-0.39, 0.29) is 126 Å². The molecule has 0 saturated heterocycles. The Labute approximate surface area is 766 Å². The van der Waals surface area contributed by atoms with Crippen molar-refractivity contribution in [1.29, 1.82) is 10.8 Å². The molecule has 32 N–H and O–H groups in total. The number of nitrogens with one attached hydrogen (secondary N) is 18. The van der Waals surface area contributed by atoms with Crippen molar-refractivity contribution in [3.63, 3.8) is 0 Å². The monoisotopic (exact) mass is 1860 g/mol. The van der Waals surface area contributed by atoms with Crippen LogP contribution in [-0.4, -0.2) is 260 Å². The van der Waals surface area contributed by atoms with Crippen LogP contribution in [0.1, 0.15) is 240 Å². The van der Waals surface area contributed by atoms with Crippen LogP contribution in [0.4, 0.5) is 0 Å². The number of carboxylic acids is 1. The molecule has 1 heterocycles. The average molecular weight is 1860 g/mol. The number of aromatic hydroxyl groups is 1. The van der Waals surface area contributed by atoms with E-state index in [0.29, 0.717) is 49.9 Å². The smallest absolute Gasteiger partial charge is 0.305 e. The van der Waals surface area contributed by atoms with E-state index in [1.165, 1.54) is 99.9 Å². The van der Waals surface area contributed by atoms with E-state index < -0.39 is 192 Å². The Morgan fingerprint density at radius 2 is 0.823 bits per heavy atom. The molecule has 0 radical (unpaired) electrons. The van der Waals surface area contributed by atoms with Gasteiger partial charge in [0.25, 0.3) is 0 Å². The van der Waals surface area contributed by atoms with Crippen molar-refractivity contribution >= 4 is 112 Å². The van der Waals surface area contributed by atoms with Gasteiger partial charge in [0, 0.05) is 38.5 Å². The van der Waals surface area contributed by atoms with Crippen LogP contribution in [0.25, 0.3) is 0 Å². The van der Waals surface area contributed by atoms with Crippen LogP contribution in [0.3, 0.4) is 0 Å². The number of nitrogens with zero attached hydrogens (tertiary/aromatic N) is 1. The number of rotatable bonds is 71. The van der Waals surface area contributed by atoms with Gasteiger partial charge in [-0.1, -0.05) is 124 Å². The minimum atomic E-state index is -2.07. The molecule has 14 atom stereocenters. The molecular weight excluding hydrogens is 1710 g/mol. The number of aromatic nitrogens is 2. The topological polar surface area (TPSA) is 724 Å². The first-order valence-electron chi connectivity index (χ1n) is 45.3. The van der Waals surface area contributed by atoms with Crippen molar-refractivity contribution in [2.45, 2.75) is 326 Å². The van der Waals surface area contributed by atoms with Crippen LogP contribution in [0.15, 0.2) is 36.8 Å². The van der Waals surface area contributed by atoms with Gasteiger partial charge in [-0.2, -0.15) is 11.8 Å². The summed E-state index contributed by atoms with van der Waals surface area (Å²) >= 11 is 1.21. The predicted octanol–water partition coefficient (Wildman–Crippen LogP) is -1.33. The second-order valence-electron chi connectivity index (χ2n) is 33.6. The minimum absolute atomic E-state index is 0.00168. The summed E-state index contributed by atoms with van der Waals surface area (Å²) in [5.74, 6) is -16.4. The molecule has 130 heavy (non-hydrogen) atoms. The van der Waals surface area contributed by atoms with Crippen LogP contribution in [0.2, 0.25) is 0 Å². The quantitative estimate of drug-likeness (QED) is 0.0207. The van der Waals surface area contributed by atoms with E-state index in [0.717, 1.165) is 39.5 Å². The maximum atomic E-state index is 14.6. The van der Waals surface area contributed by atoms with E-state index in [2.05, 4.69) is 96.6 Å². The number of aliphatic carboxylic acids is 1. The number of aromatic amines is 1. The highest BCUT2D eigenvalue weighted by molar-refractivity contribution is 7.98. The maximum absolute atomic E-state index is 14.6. The number of carbonyl (C=O) groups is 15. The third kappa shape index (κ3) is 49.1.